The van der Waals surface area contributed by atoms with E-state index in [4.69, 9.17) is 0 Å². The third-order valence-electron chi connectivity index (χ3n) is 0.249. The Morgan fingerprint density at radius 3 is 2.29 bits per heavy atom. The van der Waals surface area contributed by atoms with E-state index in [1.54, 1.807) is 0 Å². The summed E-state index contributed by atoms with van der Waals surface area (Å²) in [5.74, 6) is -0.329. The van der Waals surface area contributed by atoms with Crippen LogP contribution in [0.3, 0.4) is 0 Å². The number of ether oxygens (including phenoxy) is 1. The SMILES string of the molecule is C=COC(C)=O.[K+]. The summed E-state index contributed by atoms with van der Waals surface area (Å²) in [4.78, 5) is 9.75. The second-order valence-corrected chi connectivity index (χ2v) is 0.776. The Morgan fingerprint density at radius 1 is 1.86 bits per heavy atom. The van der Waals surface area contributed by atoms with Crippen LogP contribution < -0.4 is 51.4 Å². The van der Waals surface area contributed by atoms with Gasteiger partial charge in [-0.1, -0.05) is 6.58 Å². The van der Waals surface area contributed by atoms with E-state index in [1.165, 1.54) is 6.92 Å². The van der Waals surface area contributed by atoms with Crippen molar-refractivity contribution in [2.45, 2.75) is 6.92 Å². The van der Waals surface area contributed by atoms with E-state index >= 15 is 0 Å². The monoisotopic (exact) mass is 125 g/mol. The Morgan fingerprint density at radius 2 is 2.29 bits per heavy atom. The minimum atomic E-state index is -0.329. The molecule has 0 aromatic heterocycles. The van der Waals surface area contributed by atoms with Gasteiger partial charge in [0.1, 0.15) is 0 Å². The second-order valence-electron chi connectivity index (χ2n) is 0.776. The molecule has 7 heavy (non-hydrogen) atoms. The van der Waals surface area contributed by atoms with Gasteiger partial charge in [-0.3, -0.25) is 4.79 Å². The summed E-state index contributed by atoms with van der Waals surface area (Å²) >= 11 is 0. The maximum atomic E-state index is 9.75. The fraction of sp³-hybridized carbons (Fsp3) is 0.250. The maximum Gasteiger partial charge on any atom is 1.00 e. The van der Waals surface area contributed by atoms with Gasteiger partial charge >= 0.3 is 57.4 Å². The topological polar surface area (TPSA) is 26.3 Å². The van der Waals surface area contributed by atoms with Crippen molar-refractivity contribution in [3.63, 3.8) is 0 Å². The zero-order chi connectivity index (χ0) is 4.99. The molecule has 0 spiro atoms. The van der Waals surface area contributed by atoms with Crippen molar-refractivity contribution in [3.8, 4) is 0 Å². The molecule has 0 N–H and O–H groups in total. The van der Waals surface area contributed by atoms with Gasteiger partial charge in [-0.25, -0.2) is 0 Å². The summed E-state index contributed by atoms with van der Waals surface area (Å²) in [5, 5.41) is 0. The summed E-state index contributed by atoms with van der Waals surface area (Å²) in [7, 11) is 0. The molecule has 0 aromatic rings. The third-order valence-corrected chi connectivity index (χ3v) is 0.249. The van der Waals surface area contributed by atoms with Crippen LogP contribution in [0.2, 0.25) is 0 Å². The van der Waals surface area contributed by atoms with Crippen LogP contribution in [-0.4, -0.2) is 5.97 Å². The van der Waals surface area contributed by atoms with Crippen molar-refractivity contribution in [3.05, 3.63) is 12.8 Å². The number of rotatable bonds is 1. The molecule has 3 heteroatoms. The van der Waals surface area contributed by atoms with E-state index < -0.39 is 0 Å². The maximum absolute atomic E-state index is 9.75. The van der Waals surface area contributed by atoms with E-state index in [2.05, 4.69) is 11.3 Å². The smallest absolute Gasteiger partial charge is 0.435 e. The van der Waals surface area contributed by atoms with Crippen molar-refractivity contribution < 1.29 is 60.9 Å². The van der Waals surface area contributed by atoms with Gasteiger partial charge < -0.3 is 4.74 Å². The fourth-order valence-electron chi connectivity index (χ4n) is 0.117. The molecule has 34 valence electrons. The van der Waals surface area contributed by atoms with Crippen LogP contribution in [-0.2, 0) is 9.53 Å². The normalized spacial score (nSPS) is 5.86. The fourth-order valence-corrected chi connectivity index (χ4v) is 0.117. The standard InChI is InChI=1S/C4H6O2.K/c1-3-6-4(2)5;/h3H,1H2,2H3;/q;+1. The van der Waals surface area contributed by atoms with Gasteiger partial charge in [0, 0.05) is 6.92 Å². The predicted molar refractivity (Wildman–Crippen MR) is 22.0 cm³/mol. The average Bonchev–Trinajstić information content (AvgIpc) is 1.35. The molecule has 0 saturated heterocycles. The zero-order valence-electron chi connectivity index (χ0n) is 4.60. The van der Waals surface area contributed by atoms with Crippen LogP contribution in [0.4, 0.5) is 0 Å². The van der Waals surface area contributed by atoms with Crippen LogP contribution in [0.25, 0.3) is 0 Å². The molecule has 0 atom stereocenters. The third kappa shape index (κ3) is 10.9. The molecule has 0 heterocycles. The Balaban J connectivity index is 0. The van der Waals surface area contributed by atoms with Crippen molar-refractivity contribution in [2.24, 2.45) is 0 Å². The summed E-state index contributed by atoms with van der Waals surface area (Å²) in [5.41, 5.74) is 0. The van der Waals surface area contributed by atoms with Gasteiger partial charge in [-0.05, 0) is 0 Å². The Hall–Kier alpha value is 0.846. The number of carbonyl (C=O) groups is 1. The van der Waals surface area contributed by atoms with Crippen molar-refractivity contribution in [2.75, 3.05) is 0 Å². The van der Waals surface area contributed by atoms with Gasteiger partial charge in [-0.15, -0.1) is 0 Å². The Bertz CT molecular complexity index is 70.1. The molecule has 0 radical (unpaired) electrons. The molecule has 0 unspecified atom stereocenters. The van der Waals surface area contributed by atoms with Gasteiger partial charge in [0.05, 0.1) is 6.26 Å². The van der Waals surface area contributed by atoms with Gasteiger partial charge in [0.2, 0.25) is 0 Å². The van der Waals surface area contributed by atoms with E-state index in [0.29, 0.717) is 0 Å². The van der Waals surface area contributed by atoms with Gasteiger partial charge in [0.15, 0.2) is 0 Å². The molecular formula is C4H6KO2+. The molecule has 2 nitrogen and oxygen atoms in total. The quantitative estimate of drug-likeness (QED) is 0.224. The number of hydrogen-bond acceptors (Lipinski definition) is 2. The van der Waals surface area contributed by atoms with Crippen molar-refractivity contribution >= 4 is 5.97 Å². The van der Waals surface area contributed by atoms with E-state index in [0.717, 1.165) is 6.26 Å². The summed E-state index contributed by atoms with van der Waals surface area (Å²) < 4.78 is 4.17. The first kappa shape index (κ1) is 10.8. The number of esters is 1. The molecule has 0 fully saturated rings. The minimum absolute atomic E-state index is 0. The van der Waals surface area contributed by atoms with E-state index in [1.807, 2.05) is 0 Å². The molecular weight excluding hydrogens is 119 g/mol. The summed E-state index contributed by atoms with van der Waals surface area (Å²) in [6.45, 7) is 4.48. The number of carbonyl (C=O) groups excluding carboxylic acids is 1. The average molecular weight is 125 g/mol. The molecule has 0 rings (SSSR count). The first-order valence-corrected chi connectivity index (χ1v) is 1.55. The largest absolute Gasteiger partial charge is 1.00 e. The summed E-state index contributed by atoms with van der Waals surface area (Å²) in [6, 6.07) is 0. The van der Waals surface area contributed by atoms with Crippen LogP contribution in [0.5, 0.6) is 0 Å². The van der Waals surface area contributed by atoms with Crippen LogP contribution in [0.15, 0.2) is 12.8 Å². The minimum Gasteiger partial charge on any atom is -0.435 e. The molecule has 0 aliphatic rings. The Kier molecular flexibility index (Phi) is 10.5. The Labute approximate surface area is 85.3 Å². The van der Waals surface area contributed by atoms with Crippen LogP contribution in [0.1, 0.15) is 6.92 Å². The first-order valence-electron chi connectivity index (χ1n) is 1.55. The van der Waals surface area contributed by atoms with Crippen molar-refractivity contribution in [1.29, 1.82) is 0 Å². The van der Waals surface area contributed by atoms with E-state index in [-0.39, 0.29) is 57.4 Å². The summed E-state index contributed by atoms with van der Waals surface area (Å²) in [6.07, 6.45) is 1.10. The van der Waals surface area contributed by atoms with Crippen LogP contribution >= 0.6 is 0 Å². The molecule has 0 saturated carbocycles. The molecule has 0 aliphatic heterocycles. The van der Waals surface area contributed by atoms with Crippen molar-refractivity contribution in [1.82, 2.24) is 0 Å². The van der Waals surface area contributed by atoms with Gasteiger partial charge in [0.25, 0.3) is 0 Å². The number of hydrogen-bond donors (Lipinski definition) is 0. The van der Waals surface area contributed by atoms with Crippen LogP contribution in [0, 0.1) is 0 Å². The molecule has 0 aromatic carbocycles. The van der Waals surface area contributed by atoms with Gasteiger partial charge in [-0.2, -0.15) is 0 Å². The zero-order valence-corrected chi connectivity index (χ0v) is 7.72. The van der Waals surface area contributed by atoms with E-state index in [9.17, 15) is 4.79 Å². The predicted octanol–water partition coefficient (Wildman–Crippen LogP) is -2.30. The molecule has 0 bridgehead atoms. The second kappa shape index (κ2) is 6.85. The first-order chi connectivity index (χ1) is 2.77. The molecule has 0 aliphatic carbocycles. The molecule has 0 amide bonds.